The van der Waals surface area contributed by atoms with E-state index < -0.39 is 0 Å². The fourth-order valence-corrected chi connectivity index (χ4v) is 2.42. The molecule has 2 rings (SSSR count). The van der Waals surface area contributed by atoms with Gasteiger partial charge in [-0.2, -0.15) is 0 Å². The average molecular weight is 205 g/mol. The quantitative estimate of drug-likeness (QED) is 0.506. The number of carbonyl (C=O) groups is 2. The third-order valence-corrected chi connectivity index (χ3v) is 3.23. The first-order valence-electron chi connectivity index (χ1n) is 5.27. The molecule has 0 bridgehead atoms. The molecule has 1 fully saturated rings. The van der Waals surface area contributed by atoms with E-state index in [4.69, 9.17) is 0 Å². The third kappa shape index (κ3) is 1.52. The Balaban J connectivity index is 2.24. The van der Waals surface area contributed by atoms with E-state index in [0.717, 1.165) is 6.42 Å². The fourth-order valence-electron chi connectivity index (χ4n) is 2.42. The zero-order valence-electron chi connectivity index (χ0n) is 8.90. The predicted octanol–water partition coefficient (Wildman–Crippen LogP) is 1.51. The highest BCUT2D eigenvalue weighted by Gasteiger charge is 2.47. The van der Waals surface area contributed by atoms with Crippen LogP contribution in [0, 0.1) is 11.8 Å². The zero-order chi connectivity index (χ0) is 11.0. The molecule has 3 nitrogen and oxygen atoms in total. The second-order valence-electron chi connectivity index (χ2n) is 4.28. The smallest absolute Gasteiger partial charge is 0.233 e. The van der Waals surface area contributed by atoms with Gasteiger partial charge in [0.15, 0.2) is 0 Å². The lowest BCUT2D eigenvalue weighted by Gasteiger charge is -2.19. The maximum atomic E-state index is 11.9. The molecule has 0 aromatic carbocycles. The van der Waals surface area contributed by atoms with Crippen LogP contribution < -0.4 is 0 Å². The number of amides is 2. The molecule has 2 atom stereocenters. The number of rotatable bonds is 2. The lowest BCUT2D eigenvalue weighted by Crippen LogP contribution is -2.31. The van der Waals surface area contributed by atoms with Crippen LogP contribution in [0.15, 0.2) is 24.3 Å². The van der Waals surface area contributed by atoms with Crippen LogP contribution in [0.1, 0.15) is 19.8 Å². The zero-order valence-corrected chi connectivity index (χ0v) is 8.90. The van der Waals surface area contributed by atoms with Crippen LogP contribution >= 0.6 is 0 Å². The Bertz CT molecular complexity index is 357. The van der Waals surface area contributed by atoms with Gasteiger partial charge in [-0.3, -0.25) is 14.5 Å². The van der Waals surface area contributed by atoms with Gasteiger partial charge in [0.1, 0.15) is 0 Å². The third-order valence-electron chi connectivity index (χ3n) is 3.23. The van der Waals surface area contributed by atoms with Crippen molar-refractivity contribution in [3.05, 3.63) is 24.3 Å². The van der Waals surface area contributed by atoms with Crippen LogP contribution in [0.4, 0.5) is 0 Å². The van der Waals surface area contributed by atoms with E-state index >= 15 is 0 Å². The van der Waals surface area contributed by atoms with Gasteiger partial charge in [0.25, 0.3) is 0 Å². The van der Waals surface area contributed by atoms with Crippen molar-refractivity contribution in [3.63, 3.8) is 0 Å². The molecule has 15 heavy (non-hydrogen) atoms. The summed E-state index contributed by atoms with van der Waals surface area (Å²) in [6.07, 6.45) is 5.13. The first-order valence-corrected chi connectivity index (χ1v) is 5.27. The van der Waals surface area contributed by atoms with Gasteiger partial charge < -0.3 is 0 Å². The molecule has 1 saturated heterocycles. The molecule has 80 valence electrons. The van der Waals surface area contributed by atoms with Crippen molar-refractivity contribution in [3.8, 4) is 0 Å². The number of imide groups is 1. The molecule has 2 aliphatic rings. The van der Waals surface area contributed by atoms with Crippen molar-refractivity contribution in [2.24, 2.45) is 11.8 Å². The Kier molecular flexibility index (Phi) is 2.47. The minimum Gasteiger partial charge on any atom is -0.278 e. The Morgan fingerprint density at radius 2 is 2.13 bits per heavy atom. The molecule has 0 N–H and O–H groups in total. The van der Waals surface area contributed by atoms with Crippen LogP contribution in [0.3, 0.4) is 0 Å². The number of nitrogens with zero attached hydrogens (tertiary/aromatic N) is 1. The largest absolute Gasteiger partial charge is 0.278 e. The molecule has 1 aliphatic heterocycles. The molecule has 0 unspecified atom stereocenters. The van der Waals surface area contributed by atoms with Crippen molar-refractivity contribution >= 4 is 11.8 Å². The van der Waals surface area contributed by atoms with E-state index in [0.29, 0.717) is 13.0 Å². The summed E-state index contributed by atoms with van der Waals surface area (Å²) in [7, 11) is 0. The highest BCUT2D eigenvalue weighted by molar-refractivity contribution is 6.05. The van der Waals surface area contributed by atoms with Crippen molar-refractivity contribution < 1.29 is 9.59 Å². The predicted molar refractivity (Wildman–Crippen MR) is 56.9 cm³/mol. The van der Waals surface area contributed by atoms with E-state index in [1.165, 1.54) is 10.5 Å². The standard InChI is InChI=1S/C12H15NO2/c1-3-6-13-11(14)9-5-4-8(2)7-10(9)12(13)15/h3-4,9-10H,1,5-7H2,2H3/t9-,10+/m0/s1. The van der Waals surface area contributed by atoms with Crippen LogP contribution in [0.25, 0.3) is 0 Å². The van der Waals surface area contributed by atoms with Gasteiger partial charge in [-0.05, 0) is 19.8 Å². The molecule has 0 aromatic rings. The molecule has 3 heteroatoms. The van der Waals surface area contributed by atoms with Gasteiger partial charge in [-0.1, -0.05) is 17.7 Å². The summed E-state index contributed by atoms with van der Waals surface area (Å²) >= 11 is 0. The minimum atomic E-state index is -0.110. The number of hydrogen-bond acceptors (Lipinski definition) is 2. The maximum absolute atomic E-state index is 11.9. The molecule has 0 aromatic heterocycles. The summed E-state index contributed by atoms with van der Waals surface area (Å²) in [4.78, 5) is 25.1. The van der Waals surface area contributed by atoms with E-state index in [1.54, 1.807) is 6.08 Å². The van der Waals surface area contributed by atoms with E-state index in [1.807, 2.05) is 6.92 Å². The van der Waals surface area contributed by atoms with Gasteiger partial charge in [0, 0.05) is 6.54 Å². The topological polar surface area (TPSA) is 37.4 Å². The van der Waals surface area contributed by atoms with Gasteiger partial charge >= 0.3 is 0 Å². The van der Waals surface area contributed by atoms with E-state index in [2.05, 4.69) is 12.7 Å². The summed E-state index contributed by atoms with van der Waals surface area (Å²) in [5.41, 5.74) is 1.22. The molecule has 0 radical (unpaired) electrons. The first-order chi connectivity index (χ1) is 7.15. The second-order valence-corrected chi connectivity index (χ2v) is 4.28. The van der Waals surface area contributed by atoms with Crippen LogP contribution in [-0.2, 0) is 9.59 Å². The van der Waals surface area contributed by atoms with Crippen molar-refractivity contribution in [2.75, 3.05) is 6.54 Å². The van der Waals surface area contributed by atoms with Gasteiger partial charge in [0.2, 0.25) is 11.8 Å². The van der Waals surface area contributed by atoms with Crippen molar-refractivity contribution in [1.29, 1.82) is 0 Å². The highest BCUT2D eigenvalue weighted by atomic mass is 16.2. The SMILES string of the molecule is C=CCN1C(=O)[C@H]2CC=C(C)C[C@H]2C1=O. The summed E-state index contributed by atoms with van der Waals surface area (Å²) in [6.45, 7) is 5.94. The second kappa shape index (κ2) is 3.65. The molecule has 2 amide bonds. The summed E-state index contributed by atoms with van der Waals surface area (Å²) in [6, 6.07) is 0. The van der Waals surface area contributed by atoms with Crippen LogP contribution in [-0.4, -0.2) is 23.3 Å². The summed E-state index contributed by atoms with van der Waals surface area (Å²) in [5, 5.41) is 0. The molecular weight excluding hydrogens is 190 g/mol. The average Bonchev–Trinajstić information content (AvgIpc) is 2.44. The minimum absolute atomic E-state index is 0.0163. The Hall–Kier alpha value is -1.38. The number of likely N-dealkylation sites (tertiary alicyclic amines) is 1. The Morgan fingerprint density at radius 3 is 2.80 bits per heavy atom. The number of fused-ring (bicyclic) bond motifs is 1. The number of allylic oxidation sites excluding steroid dienone is 2. The van der Waals surface area contributed by atoms with Crippen molar-refractivity contribution in [2.45, 2.75) is 19.8 Å². The summed E-state index contributed by atoms with van der Waals surface area (Å²) in [5.74, 6) is -0.255. The number of carbonyl (C=O) groups excluding carboxylic acids is 2. The summed E-state index contributed by atoms with van der Waals surface area (Å²) < 4.78 is 0. The fraction of sp³-hybridized carbons (Fsp3) is 0.500. The van der Waals surface area contributed by atoms with Crippen LogP contribution in [0.2, 0.25) is 0 Å². The van der Waals surface area contributed by atoms with Gasteiger partial charge in [-0.25, -0.2) is 0 Å². The van der Waals surface area contributed by atoms with E-state index in [-0.39, 0.29) is 23.7 Å². The van der Waals surface area contributed by atoms with Gasteiger partial charge in [-0.15, -0.1) is 6.58 Å². The molecule has 0 saturated carbocycles. The number of hydrogen-bond donors (Lipinski definition) is 0. The molecule has 1 aliphatic carbocycles. The molecule has 1 heterocycles. The first kappa shape index (κ1) is 10.1. The monoisotopic (exact) mass is 205 g/mol. The van der Waals surface area contributed by atoms with Crippen LogP contribution in [0.5, 0.6) is 0 Å². The van der Waals surface area contributed by atoms with E-state index in [9.17, 15) is 9.59 Å². The Morgan fingerprint density at radius 1 is 1.47 bits per heavy atom. The normalized spacial score (nSPS) is 30.2. The lowest BCUT2D eigenvalue weighted by atomic mass is 9.82. The lowest BCUT2D eigenvalue weighted by molar-refractivity contribution is -0.139. The maximum Gasteiger partial charge on any atom is 0.233 e. The molecular formula is C12H15NO2. The highest BCUT2D eigenvalue weighted by Crippen LogP contribution is 2.37. The Labute approximate surface area is 89.4 Å². The molecule has 0 spiro atoms. The van der Waals surface area contributed by atoms with Crippen molar-refractivity contribution in [1.82, 2.24) is 4.90 Å². The van der Waals surface area contributed by atoms with Gasteiger partial charge in [0.05, 0.1) is 11.8 Å².